The van der Waals surface area contributed by atoms with Crippen molar-refractivity contribution in [2.24, 2.45) is 0 Å². The molecule has 94 heavy (non-hydrogen) atoms. The van der Waals surface area contributed by atoms with Gasteiger partial charge in [0.2, 0.25) is 25.8 Å². The van der Waals surface area contributed by atoms with Crippen LogP contribution >= 0.6 is 24.0 Å². The summed E-state index contributed by atoms with van der Waals surface area (Å²) in [7, 11) is -6.13. The van der Waals surface area contributed by atoms with Crippen molar-refractivity contribution >= 4 is 85.7 Å². The molecule has 6 aromatic rings. The number of hydrogen-bond donors (Lipinski definition) is 0. The van der Waals surface area contributed by atoms with Crippen LogP contribution in [0.25, 0.3) is 34.3 Å². The number of carbonyl (C=O) groups excluding carboxylic acids is 3. The monoisotopic (exact) mass is 1480 g/mol. The van der Waals surface area contributed by atoms with Gasteiger partial charge in [-0.3, -0.25) is 14.4 Å². The summed E-state index contributed by atoms with van der Waals surface area (Å²) in [5.74, 6) is -3.18. The van der Waals surface area contributed by atoms with E-state index in [-0.39, 0.29) is 83.7 Å². The number of carbonyl (C=O) groups is 3. The van der Waals surface area contributed by atoms with Crippen LogP contribution in [0.15, 0.2) is 90.1 Å². The van der Waals surface area contributed by atoms with Gasteiger partial charge in [0.1, 0.15) is 28.7 Å². The molecule has 30 heteroatoms. The van der Waals surface area contributed by atoms with Gasteiger partial charge in [-0.25, -0.2) is 49.9 Å². The minimum absolute atomic E-state index is 0. The van der Waals surface area contributed by atoms with Gasteiger partial charge in [0.05, 0.1) is 83.3 Å². The van der Waals surface area contributed by atoms with Gasteiger partial charge < -0.3 is 28.4 Å². The number of aryl methyl sites for hydroxylation is 1. The van der Waals surface area contributed by atoms with Crippen LogP contribution in [-0.4, -0.2) is 150 Å². The van der Waals surface area contributed by atoms with Crippen molar-refractivity contribution in [3.8, 4) is 28.2 Å². The van der Waals surface area contributed by atoms with E-state index in [0.29, 0.717) is 51.7 Å². The van der Waals surface area contributed by atoms with E-state index in [4.69, 9.17) is 36.8 Å². The zero-order valence-electron chi connectivity index (χ0n) is 55.8. The summed E-state index contributed by atoms with van der Waals surface area (Å²) in [5.41, 5.74) is 4.13. The molecule has 2 saturated heterocycles. The molecule has 3 aromatic heterocycles. The highest BCUT2D eigenvalue weighted by molar-refractivity contribution is 14.0. The van der Waals surface area contributed by atoms with Crippen molar-refractivity contribution in [3.05, 3.63) is 125 Å². The van der Waals surface area contributed by atoms with Gasteiger partial charge in [-0.05, 0) is 159 Å². The van der Waals surface area contributed by atoms with E-state index in [1.165, 1.54) is 36.0 Å². The van der Waals surface area contributed by atoms with Crippen LogP contribution in [0.3, 0.4) is 0 Å². The van der Waals surface area contributed by atoms with E-state index < -0.39 is 90.4 Å². The molecule has 0 radical (unpaired) electrons. The second-order valence-corrected chi connectivity index (χ2v) is 29.5. The SMILES string of the molecule is CC(C)(C)OC(=O)C[C@H]1C[C@@H](CS(=O)(=O)c2nnnn2-c2ccccc2)OC(C)(C)O1.CC(C)c1nc(N(C)S(C)(=O)=O)nc(-c2ccc(F)cc2)c1/C=C/[C@@H]1C[C@H](CC(=O)OC(C)(C)C)OC(C)(C)O1.Cc1nc(-c2ccc(F)cc2)c(C=O)c(C(C)C)n1.I.O=S=O. The van der Waals surface area contributed by atoms with Crippen molar-refractivity contribution in [3.63, 3.8) is 0 Å². The third-order valence-electron chi connectivity index (χ3n) is 13.3. The van der Waals surface area contributed by atoms with E-state index in [1.54, 1.807) is 104 Å². The Morgan fingerprint density at radius 3 is 1.63 bits per heavy atom. The molecule has 4 atom stereocenters. The van der Waals surface area contributed by atoms with Crippen LogP contribution in [0.2, 0.25) is 0 Å². The molecule has 0 spiro atoms. The summed E-state index contributed by atoms with van der Waals surface area (Å²) in [6.45, 7) is 27.4. The number of benzene rings is 3. The molecule has 8 rings (SSSR count). The van der Waals surface area contributed by atoms with Crippen LogP contribution in [-0.2, 0) is 69.4 Å². The Morgan fingerprint density at radius 1 is 0.702 bits per heavy atom. The normalized spacial score (nSPS) is 17.8. The lowest BCUT2D eigenvalue weighted by molar-refractivity contribution is -0.295. The number of sulfonamides is 1. The highest BCUT2D eigenvalue weighted by Gasteiger charge is 2.41. The molecule has 2 fully saturated rings. The number of para-hydroxylation sites is 1. The van der Waals surface area contributed by atoms with Crippen LogP contribution in [0, 0.1) is 18.6 Å². The highest BCUT2D eigenvalue weighted by Crippen LogP contribution is 2.36. The Kier molecular flexibility index (Phi) is 28.6. The topological polar surface area (TPSA) is 307 Å². The molecule has 2 aliphatic rings. The van der Waals surface area contributed by atoms with Crippen molar-refractivity contribution in [2.75, 3.05) is 23.4 Å². The van der Waals surface area contributed by atoms with Gasteiger partial charge >= 0.3 is 23.5 Å². The summed E-state index contributed by atoms with van der Waals surface area (Å²) in [6, 6.07) is 20.5. The maximum Gasteiger partial charge on any atom is 0.335 e. The number of hydrogen-bond acceptors (Lipinski definition) is 22. The second kappa shape index (κ2) is 33.7. The average Bonchev–Trinajstić information content (AvgIpc) is 1.03. The number of aromatic nitrogens is 8. The van der Waals surface area contributed by atoms with Crippen LogP contribution in [0.1, 0.15) is 168 Å². The molecule has 3 aromatic carbocycles. The minimum Gasteiger partial charge on any atom is -0.460 e. The molecule has 0 aliphatic carbocycles. The Balaban J connectivity index is 0.000000309. The molecule has 0 amide bonds. The standard InChI is InChI=1S/C29H40FN3O6S.C20H28N4O6S.C15H15FN2O.HI.O2S/c1-18(2)25-23(15-14-21-16-22(38-29(6,7)37-21)17-24(34)39-28(3,4)5)26(19-10-12-20(30)13-11-19)32-27(31-25)33(8)40(9,35)36;1-19(2,3)30-17(25)12-15-11-16(29-20(4,5)28-15)13-31(26,27)18-21-22-23-24(18)14-9-7-6-8-10-14;1-9(2)14-13(8-19)15(18-10(3)17-14)11-4-6-12(16)7-5-11;;1-3-2/h10-15,18,21-22H,16-17H2,1-9H3;6-10,15-16H,11-13H2,1-5H3;4-9H,1-3H3;1H;/b15-14+;;;;/t21-,22-;15-,16+;;;/m11.../s1. The van der Waals surface area contributed by atoms with E-state index >= 15 is 0 Å². The third-order valence-corrected chi connectivity index (χ3v) is 16.1. The Morgan fingerprint density at radius 2 is 1.16 bits per heavy atom. The van der Waals surface area contributed by atoms with Crippen LogP contribution < -0.4 is 4.31 Å². The molecule has 5 heterocycles. The zero-order valence-corrected chi connectivity index (χ0v) is 60.6. The van der Waals surface area contributed by atoms with E-state index in [2.05, 4.69) is 35.5 Å². The number of ether oxygens (including phenoxy) is 6. The van der Waals surface area contributed by atoms with Crippen molar-refractivity contribution in [1.82, 2.24) is 40.1 Å². The van der Waals surface area contributed by atoms with Crippen molar-refractivity contribution in [1.29, 1.82) is 0 Å². The molecule has 24 nitrogen and oxygen atoms in total. The molecule has 514 valence electrons. The Bertz CT molecular complexity index is 3840. The smallest absolute Gasteiger partial charge is 0.335 e. The van der Waals surface area contributed by atoms with Gasteiger partial charge in [0.15, 0.2) is 17.9 Å². The first-order valence-corrected chi connectivity index (χ1v) is 33.8. The molecule has 2 aliphatic heterocycles. The predicted octanol–water partition coefficient (Wildman–Crippen LogP) is 11.0. The molecule has 0 unspecified atom stereocenters. The molecule has 0 saturated carbocycles. The fourth-order valence-corrected chi connectivity index (χ4v) is 11.6. The lowest BCUT2D eigenvalue weighted by atomic mass is 9.97. The first-order chi connectivity index (χ1) is 43.1. The summed E-state index contributed by atoms with van der Waals surface area (Å²) >= 11 is -0.750. The largest absolute Gasteiger partial charge is 0.460 e. The van der Waals surface area contributed by atoms with Gasteiger partial charge in [-0.1, -0.05) is 63.1 Å². The quantitative estimate of drug-likeness (QED) is 0.0465. The fraction of sp³-hybridized carbons (Fsp3) is 0.500. The second-order valence-electron chi connectivity index (χ2n) is 25.4. The first-order valence-electron chi connectivity index (χ1n) is 29.7. The lowest BCUT2D eigenvalue weighted by Gasteiger charge is -2.40. The van der Waals surface area contributed by atoms with Gasteiger partial charge in [0, 0.05) is 36.6 Å². The first kappa shape index (κ1) is 79.6. The Labute approximate surface area is 569 Å². The maximum absolute atomic E-state index is 13.8. The van der Waals surface area contributed by atoms with Gasteiger partial charge in [-0.2, -0.15) is 13.1 Å². The summed E-state index contributed by atoms with van der Waals surface area (Å²) in [5, 5.41) is 10.8. The Hall–Kier alpha value is -6.81. The predicted molar refractivity (Wildman–Crippen MR) is 359 cm³/mol. The van der Waals surface area contributed by atoms with Crippen LogP contribution in [0.4, 0.5) is 14.7 Å². The number of halogens is 3. The number of esters is 2. The number of tetrazole rings is 1. The zero-order chi connectivity index (χ0) is 69.6. The molecular weight excluding hydrogens is 1400 g/mol. The number of nitrogens with zero attached hydrogens (tertiary/aromatic N) is 9. The summed E-state index contributed by atoms with van der Waals surface area (Å²) in [4.78, 5) is 53.9. The summed E-state index contributed by atoms with van der Waals surface area (Å²) in [6.07, 6.45) is 4.20. The van der Waals surface area contributed by atoms with Crippen LogP contribution in [0.5, 0.6) is 0 Å². The summed E-state index contributed by atoms with van der Waals surface area (Å²) < 4.78 is 131. The van der Waals surface area contributed by atoms with E-state index in [0.717, 1.165) is 28.1 Å². The molecule has 0 bridgehead atoms. The van der Waals surface area contributed by atoms with Crippen molar-refractivity contribution < 1.29 is 76.8 Å². The average molecular weight is 1480 g/mol. The number of anilines is 1. The molecule has 0 N–H and O–H groups in total. The van der Waals surface area contributed by atoms with Gasteiger partial charge in [-0.15, -0.1) is 24.0 Å². The third kappa shape index (κ3) is 24.4. The number of sulfone groups is 1. The highest BCUT2D eigenvalue weighted by atomic mass is 127. The number of rotatable bonds is 17. The van der Waals surface area contributed by atoms with Crippen molar-refractivity contribution in [2.45, 2.75) is 194 Å². The van der Waals surface area contributed by atoms with E-state index in [9.17, 15) is 40.0 Å². The minimum atomic E-state index is -3.90. The number of aldehydes is 1. The maximum atomic E-state index is 13.8. The lowest BCUT2D eigenvalue weighted by Crippen LogP contribution is -2.47. The van der Waals surface area contributed by atoms with Gasteiger partial charge in [0.25, 0.3) is 5.16 Å². The van der Waals surface area contributed by atoms with E-state index in [1.807, 2.05) is 66.7 Å². The molecular formula is C64H84F2IN9O15S3. The fourth-order valence-electron chi connectivity index (χ4n) is 9.79.